The summed E-state index contributed by atoms with van der Waals surface area (Å²) in [7, 11) is 3.40. The Bertz CT molecular complexity index is 150. The first-order valence-electron chi connectivity index (χ1n) is 2.63. The van der Waals surface area contributed by atoms with E-state index >= 15 is 0 Å². The molecule has 0 aromatic carbocycles. The molecule has 0 fully saturated rings. The van der Waals surface area contributed by atoms with Crippen molar-refractivity contribution in [2.45, 2.75) is 6.42 Å². The number of hydrogen-bond donors (Lipinski definition) is 0. The molecule has 0 heterocycles. The molecule has 0 rings (SSSR count). The Morgan fingerprint density at radius 3 is 2.56 bits per heavy atom. The predicted molar refractivity (Wildman–Crippen MR) is 36.4 cm³/mol. The zero-order valence-corrected chi connectivity index (χ0v) is 5.77. The zero-order chi connectivity index (χ0) is 7.28. The van der Waals surface area contributed by atoms with Crippen LogP contribution >= 0.6 is 0 Å². The molecule has 9 heavy (non-hydrogen) atoms. The Kier molecular flexibility index (Phi) is 3.54. The third-order valence-corrected chi connectivity index (χ3v) is 0.863. The van der Waals surface area contributed by atoms with E-state index < -0.39 is 0 Å². The first-order valence-corrected chi connectivity index (χ1v) is 2.63. The van der Waals surface area contributed by atoms with E-state index in [1.165, 1.54) is 4.90 Å². The van der Waals surface area contributed by atoms with Crippen LogP contribution in [0, 0.1) is 18.8 Å². The molecule has 1 radical (unpaired) electrons. The largest absolute Gasteiger partial charge is 0.348 e. The summed E-state index contributed by atoms with van der Waals surface area (Å²) in [6.07, 6.45) is 0.274. The highest BCUT2D eigenvalue weighted by atomic mass is 16.2. The zero-order valence-electron chi connectivity index (χ0n) is 5.77. The third-order valence-electron chi connectivity index (χ3n) is 0.863. The van der Waals surface area contributed by atoms with Gasteiger partial charge in [-0.2, -0.15) is 0 Å². The van der Waals surface area contributed by atoms with Gasteiger partial charge in [0.25, 0.3) is 0 Å². The average molecular weight is 124 g/mol. The lowest BCUT2D eigenvalue weighted by atomic mass is 10.4. The molecule has 2 heteroatoms. The van der Waals surface area contributed by atoms with E-state index in [0.717, 1.165) is 0 Å². The first-order chi connectivity index (χ1) is 4.18. The summed E-state index contributed by atoms with van der Waals surface area (Å²) >= 11 is 0. The maximum absolute atomic E-state index is 10.7. The van der Waals surface area contributed by atoms with Gasteiger partial charge in [-0.3, -0.25) is 4.79 Å². The van der Waals surface area contributed by atoms with Crippen molar-refractivity contribution >= 4 is 5.91 Å². The van der Waals surface area contributed by atoms with E-state index in [-0.39, 0.29) is 12.3 Å². The quantitative estimate of drug-likeness (QED) is 0.460. The normalized spacial score (nSPS) is 7.44. The molecule has 0 spiro atoms. The van der Waals surface area contributed by atoms with Crippen LogP contribution in [-0.2, 0) is 4.79 Å². The topological polar surface area (TPSA) is 20.3 Å². The fourth-order valence-corrected chi connectivity index (χ4v) is 0.296. The minimum atomic E-state index is 0.0196. The predicted octanol–water partition coefficient (Wildman–Crippen LogP) is 0.302. The van der Waals surface area contributed by atoms with E-state index in [1.54, 1.807) is 14.1 Å². The molecule has 0 aromatic heterocycles. The first kappa shape index (κ1) is 8.03. The number of nitrogens with zero attached hydrogens (tertiary/aromatic N) is 1. The van der Waals surface area contributed by atoms with Gasteiger partial charge in [-0.15, -0.1) is 5.92 Å². The highest BCUT2D eigenvalue weighted by Gasteiger charge is 1.97. The maximum atomic E-state index is 10.7. The molecule has 0 aliphatic rings. The lowest BCUT2D eigenvalue weighted by molar-refractivity contribution is -0.127. The van der Waals surface area contributed by atoms with Crippen LogP contribution < -0.4 is 0 Å². The summed E-state index contributed by atoms with van der Waals surface area (Å²) in [5.74, 6) is 5.00. The van der Waals surface area contributed by atoms with Crippen LogP contribution in [-0.4, -0.2) is 24.9 Å². The summed E-state index contributed by atoms with van der Waals surface area (Å²) in [6.45, 7) is 3.29. The molecule has 0 bridgehead atoms. The molecule has 0 aliphatic heterocycles. The van der Waals surface area contributed by atoms with Gasteiger partial charge in [-0.25, -0.2) is 0 Å². The van der Waals surface area contributed by atoms with Gasteiger partial charge in [0.2, 0.25) is 5.91 Å². The van der Waals surface area contributed by atoms with Crippen LogP contribution in [0.25, 0.3) is 0 Å². The molecule has 0 aromatic rings. The molecule has 0 N–H and O–H groups in total. The summed E-state index contributed by atoms with van der Waals surface area (Å²) < 4.78 is 0. The molecule has 0 saturated heterocycles. The number of carbonyl (C=O) groups excluding carboxylic acids is 1. The number of carbonyl (C=O) groups is 1. The number of hydrogen-bond acceptors (Lipinski definition) is 1. The summed E-state index contributed by atoms with van der Waals surface area (Å²) in [5, 5.41) is 0. The molecule has 49 valence electrons. The molecule has 0 aliphatic carbocycles. The third kappa shape index (κ3) is 3.60. The van der Waals surface area contributed by atoms with Gasteiger partial charge < -0.3 is 4.90 Å². The molecular formula is C7H10NO. The van der Waals surface area contributed by atoms with Crippen molar-refractivity contribution in [2.75, 3.05) is 14.1 Å². The Morgan fingerprint density at radius 2 is 2.22 bits per heavy atom. The Morgan fingerprint density at radius 1 is 1.67 bits per heavy atom. The maximum Gasteiger partial charge on any atom is 0.234 e. The molecule has 1 amide bonds. The van der Waals surface area contributed by atoms with Gasteiger partial charge in [-0.05, 0) is 0 Å². The average Bonchev–Trinajstić information content (AvgIpc) is 1.82. The highest BCUT2D eigenvalue weighted by Crippen LogP contribution is 1.82. The van der Waals surface area contributed by atoms with E-state index in [1.807, 2.05) is 0 Å². The molecule has 0 atom stereocenters. The van der Waals surface area contributed by atoms with Crippen molar-refractivity contribution < 1.29 is 4.79 Å². The van der Waals surface area contributed by atoms with E-state index in [4.69, 9.17) is 0 Å². The van der Waals surface area contributed by atoms with E-state index in [2.05, 4.69) is 18.8 Å². The van der Waals surface area contributed by atoms with Crippen LogP contribution in [0.3, 0.4) is 0 Å². The van der Waals surface area contributed by atoms with Gasteiger partial charge in [0.15, 0.2) is 0 Å². The van der Waals surface area contributed by atoms with Gasteiger partial charge in [0.05, 0.1) is 6.42 Å². The summed E-state index contributed by atoms with van der Waals surface area (Å²) in [5.41, 5.74) is 0. The SMILES string of the molecule is [CH2]C#CCC(=O)N(C)C. The van der Waals surface area contributed by atoms with Gasteiger partial charge in [0.1, 0.15) is 0 Å². The van der Waals surface area contributed by atoms with Crippen LogP contribution in [0.15, 0.2) is 0 Å². The van der Waals surface area contributed by atoms with E-state index in [0.29, 0.717) is 0 Å². The Labute approximate surface area is 55.8 Å². The number of rotatable bonds is 1. The molecular weight excluding hydrogens is 114 g/mol. The van der Waals surface area contributed by atoms with Crippen LogP contribution in [0.1, 0.15) is 6.42 Å². The van der Waals surface area contributed by atoms with Crippen molar-refractivity contribution in [1.82, 2.24) is 4.90 Å². The molecule has 0 saturated carbocycles. The fraction of sp³-hybridized carbons (Fsp3) is 0.429. The number of amides is 1. The monoisotopic (exact) mass is 124 g/mol. The Hall–Kier alpha value is -0.970. The van der Waals surface area contributed by atoms with Crippen LogP contribution in [0.2, 0.25) is 0 Å². The fourth-order valence-electron chi connectivity index (χ4n) is 0.296. The van der Waals surface area contributed by atoms with Crippen LogP contribution in [0.5, 0.6) is 0 Å². The summed E-state index contributed by atoms with van der Waals surface area (Å²) in [4.78, 5) is 12.2. The minimum absolute atomic E-state index is 0.0196. The highest BCUT2D eigenvalue weighted by molar-refractivity contribution is 5.78. The van der Waals surface area contributed by atoms with Gasteiger partial charge >= 0.3 is 0 Å². The second kappa shape index (κ2) is 3.96. The summed E-state index contributed by atoms with van der Waals surface area (Å²) in [6, 6.07) is 0. The van der Waals surface area contributed by atoms with Crippen LogP contribution in [0.4, 0.5) is 0 Å². The van der Waals surface area contributed by atoms with Crippen molar-refractivity contribution in [3.8, 4) is 11.8 Å². The van der Waals surface area contributed by atoms with Crippen molar-refractivity contribution in [2.24, 2.45) is 0 Å². The Balaban J connectivity index is 3.60. The van der Waals surface area contributed by atoms with Crippen molar-refractivity contribution in [3.63, 3.8) is 0 Å². The van der Waals surface area contributed by atoms with E-state index in [9.17, 15) is 4.79 Å². The second-order valence-corrected chi connectivity index (χ2v) is 1.82. The molecule has 0 unspecified atom stereocenters. The second-order valence-electron chi connectivity index (χ2n) is 1.82. The van der Waals surface area contributed by atoms with Crippen molar-refractivity contribution in [1.29, 1.82) is 0 Å². The molecule has 2 nitrogen and oxygen atoms in total. The minimum Gasteiger partial charge on any atom is -0.348 e. The standard InChI is InChI=1S/C7H10NO/c1-4-5-6-7(9)8(2)3/h1,6H2,2-3H3. The van der Waals surface area contributed by atoms with Gasteiger partial charge in [-0.1, -0.05) is 5.92 Å². The van der Waals surface area contributed by atoms with Crippen molar-refractivity contribution in [3.05, 3.63) is 6.92 Å². The lowest BCUT2D eigenvalue weighted by Gasteiger charge is -2.05. The van der Waals surface area contributed by atoms with Gasteiger partial charge in [0, 0.05) is 21.0 Å². The smallest absolute Gasteiger partial charge is 0.234 e. The lowest BCUT2D eigenvalue weighted by Crippen LogP contribution is -2.20.